The van der Waals surface area contributed by atoms with E-state index in [1.807, 2.05) is 59.5 Å². The van der Waals surface area contributed by atoms with E-state index in [1.165, 1.54) is 0 Å². The molecule has 1 aliphatic rings. The van der Waals surface area contributed by atoms with E-state index >= 15 is 0 Å². The van der Waals surface area contributed by atoms with E-state index in [9.17, 15) is 4.79 Å². The summed E-state index contributed by atoms with van der Waals surface area (Å²) in [6.07, 6.45) is 6.05. The number of nitrogens with zero attached hydrogens (tertiary/aromatic N) is 3. The molecule has 2 heterocycles. The van der Waals surface area contributed by atoms with Crippen LogP contribution in [0.25, 0.3) is 11.0 Å². The number of para-hydroxylation sites is 2. The summed E-state index contributed by atoms with van der Waals surface area (Å²) in [5, 5.41) is 0. The Kier molecular flexibility index (Phi) is 3.99. The molecule has 1 unspecified atom stereocenters. The van der Waals surface area contributed by atoms with Crippen LogP contribution >= 0.6 is 0 Å². The van der Waals surface area contributed by atoms with Crippen molar-refractivity contribution in [1.29, 1.82) is 0 Å². The van der Waals surface area contributed by atoms with Crippen molar-refractivity contribution >= 4 is 16.9 Å². The number of carbonyl (C=O) groups is 1. The summed E-state index contributed by atoms with van der Waals surface area (Å²) in [7, 11) is 0. The van der Waals surface area contributed by atoms with Crippen molar-refractivity contribution in [3.63, 3.8) is 0 Å². The summed E-state index contributed by atoms with van der Waals surface area (Å²) in [4.78, 5) is 19.2. The topological polar surface area (TPSA) is 38.1 Å². The fraction of sp³-hybridized carbons (Fsp3) is 0.238. The van der Waals surface area contributed by atoms with E-state index < -0.39 is 0 Å². The van der Waals surface area contributed by atoms with Crippen molar-refractivity contribution < 1.29 is 4.79 Å². The van der Waals surface area contributed by atoms with Gasteiger partial charge in [-0.3, -0.25) is 4.79 Å². The number of amides is 1. The first-order chi connectivity index (χ1) is 12.3. The fourth-order valence-electron chi connectivity index (χ4n) is 3.57. The Balaban J connectivity index is 1.63. The number of fused-ring (bicyclic) bond motifs is 1. The predicted octanol–water partition coefficient (Wildman–Crippen LogP) is 3.19. The van der Waals surface area contributed by atoms with Gasteiger partial charge in [0.1, 0.15) is 5.82 Å². The Morgan fingerprint density at radius 3 is 2.68 bits per heavy atom. The van der Waals surface area contributed by atoms with Gasteiger partial charge in [-0.05, 0) is 17.7 Å². The van der Waals surface area contributed by atoms with Gasteiger partial charge in [0.15, 0.2) is 0 Å². The van der Waals surface area contributed by atoms with Crippen LogP contribution in [0, 0.1) is 12.3 Å². The van der Waals surface area contributed by atoms with E-state index in [1.54, 1.807) is 0 Å². The molecule has 25 heavy (non-hydrogen) atoms. The summed E-state index contributed by atoms with van der Waals surface area (Å²) in [5.74, 6) is 3.89. The molecule has 4 rings (SSSR count). The van der Waals surface area contributed by atoms with Crippen LogP contribution < -0.4 is 0 Å². The molecule has 1 saturated heterocycles. The highest BCUT2D eigenvalue weighted by Gasteiger charge is 2.33. The molecule has 0 saturated carbocycles. The van der Waals surface area contributed by atoms with Crippen LogP contribution in [0.1, 0.15) is 23.7 Å². The molecule has 1 aromatic heterocycles. The van der Waals surface area contributed by atoms with Gasteiger partial charge in [0.05, 0.1) is 17.6 Å². The number of likely N-dealkylation sites (tertiary alicyclic amines) is 1. The zero-order valence-corrected chi connectivity index (χ0v) is 13.9. The van der Waals surface area contributed by atoms with E-state index in [2.05, 4.69) is 10.5 Å². The lowest BCUT2D eigenvalue weighted by atomic mass is 10.1. The van der Waals surface area contributed by atoms with Crippen LogP contribution in [0.2, 0.25) is 0 Å². The van der Waals surface area contributed by atoms with Crippen LogP contribution in [0.4, 0.5) is 0 Å². The van der Waals surface area contributed by atoms with Gasteiger partial charge in [-0.2, -0.15) is 0 Å². The predicted molar refractivity (Wildman–Crippen MR) is 97.8 cm³/mol. The fourth-order valence-corrected chi connectivity index (χ4v) is 3.57. The Labute approximate surface area is 147 Å². The van der Waals surface area contributed by atoms with Crippen LogP contribution in [0.15, 0.2) is 54.6 Å². The second-order valence-electron chi connectivity index (χ2n) is 6.41. The molecule has 0 N–H and O–H groups in total. The molecular formula is C21H19N3O. The number of benzene rings is 2. The lowest BCUT2D eigenvalue weighted by Crippen LogP contribution is -2.24. The Hall–Kier alpha value is -3.06. The molecule has 4 heteroatoms. The zero-order chi connectivity index (χ0) is 17.2. The number of imidazole rings is 1. The average Bonchev–Trinajstić information content (AvgIpc) is 3.18. The maximum absolute atomic E-state index is 12.5. The molecule has 0 aliphatic carbocycles. The monoisotopic (exact) mass is 329 g/mol. The number of terminal acetylenes is 1. The van der Waals surface area contributed by atoms with Crippen molar-refractivity contribution in [2.24, 2.45) is 0 Å². The average molecular weight is 329 g/mol. The number of hydrogen-bond donors (Lipinski definition) is 0. The van der Waals surface area contributed by atoms with Crippen molar-refractivity contribution in [3.05, 3.63) is 66.0 Å². The summed E-state index contributed by atoms with van der Waals surface area (Å²) in [6.45, 7) is 1.80. The maximum atomic E-state index is 12.5. The highest BCUT2D eigenvalue weighted by Crippen LogP contribution is 2.31. The first kappa shape index (κ1) is 15.5. The van der Waals surface area contributed by atoms with Crippen LogP contribution in [0.3, 0.4) is 0 Å². The van der Waals surface area contributed by atoms with E-state index in [0.717, 1.165) is 22.4 Å². The Morgan fingerprint density at radius 2 is 1.88 bits per heavy atom. The van der Waals surface area contributed by atoms with Crippen molar-refractivity contribution in [2.75, 3.05) is 6.54 Å². The number of hydrogen-bond acceptors (Lipinski definition) is 2. The van der Waals surface area contributed by atoms with Gasteiger partial charge in [-0.15, -0.1) is 6.42 Å². The van der Waals surface area contributed by atoms with Gasteiger partial charge in [0.2, 0.25) is 5.91 Å². The molecule has 0 radical (unpaired) electrons. The first-order valence-corrected chi connectivity index (χ1v) is 8.46. The van der Waals surface area contributed by atoms with E-state index in [-0.39, 0.29) is 11.8 Å². The Morgan fingerprint density at radius 1 is 1.12 bits per heavy atom. The summed E-state index contributed by atoms with van der Waals surface area (Å²) >= 11 is 0. The molecular weight excluding hydrogens is 310 g/mol. The minimum absolute atomic E-state index is 0.0805. The third-order valence-electron chi connectivity index (χ3n) is 4.73. The lowest BCUT2D eigenvalue weighted by Gasteiger charge is -2.17. The second kappa shape index (κ2) is 6.45. The van der Waals surface area contributed by atoms with E-state index in [4.69, 9.17) is 11.4 Å². The summed E-state index contributed by atoms with van der Waals surface area (Å²) in [5.41, 5.74) is 3.11. The Bertz CT molecular complexity index is 952. The molecule has 0 bridgehead atoms. The van der Waals surface area contributed by atoms with E-state index in [0.29, 0.717) is 26.1 Å². The summed E-state index contributed by atoms with van der Waals surface area (Å²) in [6, 6.07) is 18.1. The maximum Gasteiger partial charge on any atom is 0.223 e. The summed E-state index contributed by atoms with van der Waals surface area (Å²) < 4.78 is 2.07. The normalized spacial score (nSPS) is 17.2. The van der Waals surface area contributed by atoms with Gasteiger partial charge in [0, 0.05) is 25.4 Å². The molecule has 2 aromatic carbocycles. The SMILES string of the molecule is C#CCn1c(C2CC(=O)N(Cc3ccccc3)C2)nc2ccccc21. The van der Waals surface area contributed by atoms with Crippen LogP contribution in [-0.2, 0) is 17.9 Å². The number of aromatic nitrogens is 2. The van der Waals surface area contributed by atoms with Crippen molar-refractivity contribution in [2.45, 2.75) is 25.4 Å². The van der Waals surface area contributed by atoms with Crippen molar-refractivity contribution in [1.82, 2.24) is 14.5 Å². The highest BCUT2D eigenvalue weighted by molar-refractivity contribution is 5.81. The lowest BCUT2D eigenvalue weighted by molar-refractivity contribution is -0.128. The van der Waals surface area contributed by atoms with Crippen LogP contribution in [-0.4, -0.2) is 26.9 Å². The molecule has 0 spiro atoms. The molecule has 3 aromatic rings. The zero-order valence-electron chi connectivity index (χ0n) is 13.9. The molecule has 1 amide bonds. The quantitative estimate of drug-likeness (QED) is 0.690. The van der Waals surface area contributed by atoms with Crippen molar-refractivity contribution in [3.8, 4) is 12.3 Å². The standard InChI is InChI=1S/C21H19N3O/c1-2-12-24-19-11-7-6-10-18(19)22-21(24)17-13-20(25)23(15-17)14-16-8-4-3-5-9-16/h1,3-11,17H,12-15H2. The number of rotatable bonds is 4. The molecule has 1 aliphatic heterocycles. The van der Waals surface area contributed by atoms with Gasteiger partial charge < -0.3 is 9.47 Å². The van der Waals surface area contributed by atoms with Gasteiger partial charge in [-0.1, -0.05) is 48.4 Å². The third-order valence-corrected chi connectivity index (χ3v) is 4.73. The largest absolute Gasteiger partial charge is 0.338 e. The minimum Gasteiger partial charge on any atom is -0.338 e. The first-order valence-electron chi connectivity index (χ1n) is 8.46. The second-order valence-corrected chi connectivity index (χ2v) is 6.41. The highest BCUT2D eigenvalue weighted by atomic mass is 16.2. The minimum atomic E-state index is 0.0805. The molecule has 124 valence electrons. The van der Waals surface area contributed by atoms with Crippen LogP contribution in [0.5, 0.6) is 0 Å². The molecule has 1 atom stereocenters. The smallest absolute Gasteiger partial charge is 0.223 e. The molecule has 1 fully saturated rings. The van der Waals surface area contributed by atoms with Gasteiger partial charge >= 0.3 is 0 Å². The van der Waals surface area contributed by atoms with Gasteiger partial charge in [0.25, 0.3) is 0 Å². The molecule has 4 nitrogen and oxygen atoms in total. The van der Waals surface area contributed by atoms with Gasteiger partial charge in [-0.25, -0.2) is 4.98 Å². The number of carbonyl (C=O) groups excluding carboxylic acids is 1. The third kappa shape index (κ3) is 2.89.